The van der Waals surface area contributed by atoms with Crippen LogP contribution in [-0.4, -0.2) is 23.7 Å². The maximum atomic E-state index is 5.15. The lowest BCUT2D eigenvalue weighted by Gasteiger charge is -2.07. The van der Waals surface area contributed by atoms with Crippen LogP contribution in [0.15, 0.2) is 24.3 Å². The number of aromatic nitrogens is 1. The largest absolute Gasteiger partial charge is 0.366 e. The summed E-state index contributed by atoms with van der Waals surface area (Å²) in [4.78, 5) is 3.54. The Balaban J connectivity index is 1.79. The smallest absolute Gasteiger partial charge is 0.166 e. The molecule has 1 aliphatic carbocycles. The molecule has 1 aromatic carbocycles. The minimum absolute atomic E-state index is 0.360. The number of para-hydroxylation sites is 1. The minimum Gasteiger partial charge on any atom is -0.366 e. The number of benzene rings is 1. The lowest BCUT2D eigenvalue weighted by Crippen LogP contribution is -2.33. The van der Waals surface area contributed by atoms with Gasteiger partial charge in [-0.25, -0.2) is 0 Å². The van der Waals surface area contributed by atoms with Crippen molar-refractivity contribution in [2.75, 3.05) is 13.6 Å². The van der Waals surface area contributed by atoms with Crippen LogP contribution in [0, 0.1) is 18.3 Å². The topological polar surface area (TPSA) is 39.8 Å². The molecule has 1 aromatic heterocycles. The predicted molar refractivity (Wildman–Crippen MR) is 97.3 cm³/mol. The molecule has 0 spiro atoms. The Morgan fingerprint density at radius 1 is 1.32 bits per heavy atom. The van der Waals surface area contributed by atoms with E-state index < -0.39 is 0 Å². The summed E-state index contributed by atoms with van der Waals surface area (Å²) in [5.41, 5.74) is 4.45. The van der Waals surface area contributed by atoms with Crippen LogP contribution in [0.2, 0.25) is 0 Å². The molecule has 1 saturated carbocycles. The maximum absolute atomic E-state index is 5.15. The van der Waals surface area contributed by atoms with Crippen molar-refractivity contribution in [2.24, 2.45) is 11.3 Å². The van der Waals surface area contributed by atoms with Crippen LogP contribution in [0.1, 0.15) is 37.4 Å². The molecule has 0 saturated heterocycles. The van der Waals surface area contributed by atoms with Gasteiger partial charge in [-0.15, -0.1) is 0 Å². The van der Waals surface area contributed by atoms with Gasteiger partial charge in [-0.2, -0.15) is 0 Å². The molecule has 3 rings (SSSR count). The van der Waals surface area contributed by atoms with Gasteiger partial charge in [0, 0.05) is 30.2 Å². The summed E-state index contributed by atoms with van der Waals surface area (Å²) in [6.07, 6.45) is 1.15. The van der Waals surface area contributed by atoms with Crippen LogP contribution in [0.4, 0.5) is 0 Å². The minimum atomic E-state index is 0.360. The highest BCUT2D eigenvalue weighted by Crippen LogP contribution is 2.67. The summed E-state index contributed by atoms with van der Waals surface area (Å²) in [6, 6.07) is 8.65. The highest BCUT2D eigenvalue weighted by molar-refractivity contribution is 7.80. The third-order valence-corrected chi connectivity index (χ3v) is 5.62. The Morgan fingerprint density at radius 2 is 2.05 bits per heavy atom. The van der Waals surface area contributed by atoms with Crippen LogP contribution in [0.3, 0.4) is 0 Å². The second-order valence-electron chi connectivity index (χ2n) is 6.91. The normalized spacial score (nSPS) is 22.5. The summed E-state index contributed by atoms with van der Waals surface area (Å²) in [7, 11) is 1.86. The van der Waals surface area contributed by atoms with E-state index in [4.69, 9.17) is 12.2 Å². The first kappa shape index (κ1) is 15.3. The summed E-state index contributed by atoms with van der Waals surface area (Å²) >= 11 is 5.15. The summed E-state index contributed by atoms with van der Waals surface area (Å²) in [5, 5.41) is 8.36. The zero-order chi connectivity index (χ0) is 15.9. The highest BCUT2D eigenvalue weighted by Gasteiger charge is 2.58. The second kappa shape index (κ2) is 5.58. The molecule has 3 N–H and O–H groups in total. The van der Waals surface area contributed by atoms with E-state index in [2.05, 4.69) is 60.7 Å². The van der Waals surface area contributed by atoms with Crippen LogP contribution in [0.5, 0.6) is 0 Å². The molecule has 4 heteroatoms. The third-order valence-electron chi connectivity index (χ3n) is 5.27. The number of aromatic amines is 1. The van der Waals surface area contributed by atoms with Crippen molar-refractivity contribution in [3.63, 3.8) is 0 Å². The molecule has 3 nitrogen and oxygen atoms in total. The van der Waals surface area contributed by atoms with E-state index in [1.165, 1.54) is 22.2 Å². The van der Waals surface area contributed by atoms with Crippen molar-refractivity contribution in [1.29, 1.82) is 0 Å². The Bertz CT molecular complexity index is 701. The lowest BCUT2D eigenvalue weighted by atomic mass is 10.0. The Morgan fingerprint density at radius 3 is 2.77 bits per heavy atom. The highest BCUT2D eigenvalue weighted by atomic mass is 32.1. The third kappa shape index (κ3) is 2.50. The first-order valence-electron chi connectivity index (χ1n) is 7.99. The Kier molecular flexibility index (Phi) is 3.89. The molecule has 2 aromatic rings. The second-order valence-corrected chi connectivity index (χ2v) is 7.32. The number of nitrogens with one attached hydrogen (secondary N) is 3. The number of fused-ring (bicyclic) bond motifs is 1. The SMILES string of the molecule is CNC(=S)NCC[C@@H]1[C@@H](c2c(C)[nH]c3ccccc23)C1(C)C. The molecule has 1 fully saturated rings. The molecular weight excluding hydrogens is 290 g/mol. The van der Waals surface area contributed by atoms with Gasteiger partial charge in [-0.3, -0.25) is 0 Å². The summed E-state index contributed by atoms with van der Waals surface area (Å²) in [6.45, 7) is 7.92. The zero-order valence-electron chi connectivity index (χ0n) is 13.8. The van der Waals surface area contributed by atoms with Gasteiger partial charge in [-0.1, -0.05) is 32.0 Å². The fourth-order valence-electron chi connectivity index (χ4n) is 3.98. The van der Waals surface area contributed by atoms with E-state index in [0.717, 1.165) is 18.1 Å². The molecule has 1 aliphatic rings. The van der Waals surface area contributed by atoms with Gasteiger partial charge in [0.1, 0.15) is 0 Å². The monoisotopic (exact) mass is 315 g/mol. The van der Waals surface area contributed by atoms with Gasteiger partial charge in [-0.05, 0) is 54.4 Å². The van der Waals surface area contributed by atoms with Gasteiger partial charge in [0.05, 0.1) is 0 Å². The van der Waals surface area contributed by atoms with E-state index in [0.29, 0.717) is 17.3 Å². The molecular formula is C18H25N3S. The molecule has 22 heavy (non-hydrogen) atoms. The first-order chi connectivity index (χ1) is 10.5. The lowest BCUT2D eigenvalue weighted by molar-refractivity contribution is 0.527. The zero-order valence-corrected chi connectivity index (χ0v) is 14.6. The van der Waals surface area contributed by atoms with Crippen molar-refractivity contribution in [1.82, 2.24) is 15.6 Å². The van der Waals surface area contributed by atoms with E-state index in [1.807, 2.05) is 7.05 Å². The van der Waals surface area contributed by atoms with Crippen LogP contribution >= 0.6 is 12.2 Å². The molecule has 0 radical (unpaired) electrons. The van der Waals surface area contributed by atoms with Gasteiger partial charge in [0.15, 0.2) is 5.11 Å². The van der Waals surface area contributed by atoms with E-state index in [9.17, 15) is 0 Å². The van der Waals surface area contributed by atoms with E-state index >= 15 is 0 Å². The van der Waals surface area contributed by atoms with Gasteiger partial charge in [0.2, 0.25) is 0 Å². The quantitative estimate of drug-likeness (QED) is 0.753. The molecule has 1 heterocycles. The molecule has 0 unspecified atom stereocenters. The number of aryl methyl sites for hydroxylation is 1. The van der Waals surface area contributed by atoms with Crippen LogP contribution < -0.4 is 10.6 Å². The fraction of sp³-hybridized carbons (Fsp3) is 0.500. The maximum Gasteiger partial charge on any atom is 0.166 e. The van der Waals surface area contributed by atoms with Crippen molar-refractivity contribution in [3.05, 3.63) is 35.5 Å². The molecule has 118 valence electrons. The van der Waals surface area contributed by atoms with E-state index in [1.54, 1.807) is 0 Å². The molecule has 0 amide bonds. The molecule has 2 atom stereocenters. The van der Waals surface area contributed by atoms with Crippen molar-refractivity contribution < 1.29 is 0 Å². The average Bonchev–Trinajstić information content (AvgIpc) is 2.86. The van der Waals surface area contributed by atoms with Crippen LogP contribution in [-0.2, 0) is 0 Å². The van der Waals surface area contributed by atoms with Gasteiger partial charge in [0.25, 0.3) is 0 Å². The number of H-pyrrole nitrogens is 1. The number of hydrogen-bond donors (Lipinski definition) is 3. The summed E-state index contributed by atoms with van der Waals surface area (Å²) < 4.78 is 0. The Labute approximate surface area is 137 Å². The summed E-state index contributed by atoms with van der Waals surface area (Å²) in [5.74, 6) is 1.34. The number of hydrogen-bond acceptors (Lipinski definition) is 1. The molecule has 0 bridgehead atoms. The van der Waals surface area contributed by atoms with Crippen molar-refractivity contribution in [2.45, 2.75) is 33.1 Å². The Hall–Kier alpha value is -1.55. The number of rotatable bonds is 4. The molecule has 0 aliphatic heterocycles. The van der Waals surface area contributed by atoms with Gasteiger partial charge < -0.3 is 15.6 Å². The van der Waals surface area contributed by atoms with Crippen molar-refractivity contribution in [3.8, 4) is 0 Å². The number of thiocarbonyl (C=S) groups is 1. The first-order valence-corrected chi connectivity index (χ1v) is 8.40. The van der Waals surface area contributed by atoms with Gasteiger partial charge >= 0.3 is 0 Å². The standard InChI is InChI=1S/C18H25N3S/c1-11-15(12-7-5-6-8-14(12)21-11)16-13(18(16,2)3)9-10-20-17(22)19-4/h5-8,13,16,21H,9-10H2,1-4H3,(H2,19,20,22)/t13-,16+/m1/s1. The predicted octanol–water partition coefficient (Wildman–Crippen LogP) is 3.70. The average molecular weight is 315 g/mol. The van der Waals surface area contributed by atoms with Crippen LogP contribution in [0.25, 0.3) is 10.9 Å². The van der Waals surface area contributed by atoms with Crippen molar-refractivity contribution >= 4 is 28.2 Å². The fourth-order valence-corrected chi connectivity index (χ4v) is 4.09. The van der Waals surface area contributed by atoms with E-state index in [-0.39, 0.29) is 0 Å².